The number of aliphatic hydroxyl groups is 2. The van der Waals surface area contributed by atoms with Crippen LogP contribution in [0.5, 0.6) is 5.75 Å². The maximum atomic E-state index is 13.2. The van der Waals surface area contributed by atoms with E-state index in [4.69, 9.17) is 25.8 Å². The molecule has 9 nitrogen and oxygen atoms in total. The van der Waals surface area contributed by atoms with Crippen molar-refractivity contribution < 1.29 is 34.0 Å². The van der Waals surface area contributed by atoms with E-state index >= 15 is 0 Å². The highest BCUT2D eigenvalue weighted by Gasteiger charge is 2.47. The van der Waals surface area contributed by atoms with Gasteiger partial charge in [-0.05, 0) is 49.8 Å². The summed E-state index contributed by atoms with van der Waals surface area (Å²) in [6, 6.07) is 3.67. The summed E-state index contributed by atoms with van der Waals surface area (Å²) in [5, 5.41) is 25.5. The first-order valence-electron chi connectivity index (χ1n) is 12.9. The van der Waals surface area contributed by atoms with E-state index in [0.717, 1.165) is 11.1 Å². The summed E-state index contributed by atoms with van der Waals surface area (Å²) in [5.74, 6) is -0.179. The summed E-state index contributed by atoms with van der Waals surface area (Å²) in [6.45, 7) is 7.54. The lowest BCUT2D eigenvalue weighted by Gasteiger charge is -2.43. The molecular weight excluding hydrogens is 524 g/mol. The molecule has 1 saturated heterocycles. The molecule has 39 heavy (non-hydrogen) atoms. The molecule has 1 fully saturated rings. The van der Waals surface area contributed by atoms with Crippen LogP contribution in [0.3, 0.4) is 0 Å². The Balaban J connectivity index is 2.06. The molecule has 0 saturated carbocycles. The first-order chi connectivity index (χ1) is 18.3. The van der Waals surface area contributed by atoms with Gasteiger partial charge in [-0.1, -0.05) is 48.4 Å². The molecule has 5 atom stereocenters. The first-order valence-corrected chi connectivity index (χ1v) is 13.3. The Kier molecular flexibility index (Phi) is 9.88. The van der Waals surface area contributed by atoms with Crippen LogP contribution in [0.4, 0.5) is 10.5 Å². The van der Waals surface area contributed by atoms with Gasteiger partial charge in [-0.15, -0.1) is 6.58 Å². The van der Waals surface area contributed by atoms with Crippen molar-refractivity contribution in [1.29, 1.82) is 0 Å². The number of benzene rings is 1. The van der Waals surface area contributed by atoms with E-state index < -0.39 is 29.6 Å². The van der Waals surface area contributed by atoms with Gasteiger partial charge in [0.1, 0.15) is 23.0 Å². The lowest BCUT2D eigenvalue weighted by molar-refractivity contribution is -0.144. The summed E-state index contributed by atoms with van der Waals surface area (Å²) >= 11 is 6.58. The zero-order valence-electron chi connectivity index (χ0n) is 23.2. The molecule has 10 heteroatoms. The second kappa shape index (κ2) is 12.6. The van der Waals surface area contributed by atoms with Crippen LogP contribution in [0.1, 0.15) is 45.1 Å². The summed E-state index contributed by atoms with van der Waals surface area (Å²) in [6.07, 6.45) is 5.18. The quantitative estimate of drug-likeness (QED) is 0.470. The molecule has 1 aromatic carbocycles. The number of fused-ring (bicyclic) bond motifs is 4. The minimum absolute atomic E-state index is 0.0131. The average Bonchev–Trinajstić information content (AvgIpc) is 2.89. The van der Waals surface area contributed by atoms with E-state index in [9.17, 15) is 19.8 Å². The molecule has 3 rings (SSSR count). The molecule has 0 spiro atoms. The number of allylic oxidation sites excluding steroid dienone is 3. The van der Waals surface area contributed by atoms with Gasteiger partial charge in [0.25, 0.3) is 0 Å². The van der Waals surface area contributed by atoms with Crippen molar-refractivity contribution in [2.75, 3.05) is 26.2 Å². The fourth-order valence-electron chi connectivity index (χ4n) is 5.12. The summed E-state index contributed by atoms with van der Waals surface area (Å²) in [4.78, 5) is 27.1. The van der Waals surface area contributed by atoms with Crippen LogP contribution in [0.2, 0.25) is 5.02 Å². The molecule has 214 valence electrons. The summed E-state index contributed by atoms with van der Waals surface area (Å²) in [5.41, 5.74) is -0.786. The standard InChI is InChI=1S/C29H39ClN2O7/c1-7-28(35)12-11-25(33)32(4)21-14-20(15-22(37-5)26(21)30)13-18(2)9-8-10-24(38-6)29(36)17-23(19(3)16-28)39-27(34)31-29/h7-10,14-15,19,23-24,35-36H,1,11-13,16-17H2,2-6H3,(H,31,34)/b10-8+,18-9+/t19-,23-,24+,28-,29-/m0/s1. The molecule has 0 aromatic heterocycles. The van der Waals surface area contributed by atoms with Crippen LogP contribution in [-0.2, 0) is 20.7 Å². The van der Waals surface area contributed by atoms with E-state index in [-0.39, 0.29) is 37.5 Å². The third-order valence-electron chi connectivity index (χ3n) is 7.46. The number of ether oxygens (including phenoxy) is 3. The smallest absolute Gasteiger partial charge is 0.409 e. The number of hydrogen-bond acceptors (Lipinski definition) is 7. The average molecular weight is 563 g/mol. The van der Waals surface area contributed by atoms with Crippen molar-refractivity contribution in [2.24, 2.45) is 5.92 Å². The zero-order valence-corrected chi connectivity index (χ0v) is 24.0. The number of rotatable bonds is 3. The zero-order chi connectivity index (χ0) is 29.0. The minimum Gasteiger partial charge on any atom is -0.495 e. The molecule has 0 unspecified atom stereocenters. The molecule has 3 N–H and O–H groups in total. The number of alkyl carbamates (subject to hydrolysis) is 1. The van der Waals surface area contributed by atoms with Gasteiger partial charge in [0.15, 0.2) is 5.72 Å². The number of hydrogen-bond donors (Lipinski definition) is 3. The Morgan fingerprint density at radius 1 is 1.26 bits per heavy atom. The maximum Gasteiger partial charge on any atom is 0.409 e. The molecular formula is C29H39ClN2O7. The second-order valence-corrected chi connectivity index (χ2v) is 10.9. The third-order valence-corrected chi connectivity index (χ3v) is 7.84. The van der Waals surface area contributed by atoms with Crippen LogP contribution < -0.4 is 15.0 Å². The van der Waals surface area contributed by atoms with Crippen molar-refractivity contribution in [3.8, 4) is 5.75 Å². The first kappa shape index (κ1) is 30.7. The molecule has 2 heterocycles. The Hall–Kier alpha value is -2.85. The highest BCUT2D eigenvalue weighted by Crippen LogP contribution is 2.38. The Labute approximate surface area is 235 Å². The fourth-order valence-corrected chi connectivity index (χ4v) is 5.43. The van der Waals surface area contributed by atoms with Gasteiger partial charge in [-0.25, -0.2) is 4.79 Å². The van der Waals surface area contributed by atoms with Crippen LogP contribution in [0.15, 0.2) is 48.6 Å². The van der Waals surface area contributed by atoms with E-state index in [1.165, 1.54) is 25.2 Å². The van der Waals surface area contributed by atoms with Gasteiger partial charge in [0.05, 0.1) is 18.4 Å². The van der Waals surface area contributed by atoms with Gasteiger partial charge in [-0.2, -0.15) is 0 Å². The van der Waals surface area contributed by atoms with Crippen molar-refractivity contribution in [2.45, 2.75) is 69.5 Å². The normalized spacial score (nSPS) is 32.9. The molecule has 2 aliphatic heterocycles. The van der Waals surface area contributed by atoms with Crippen molar-refractivity contribution >= 4 is 29.3 Å². The van der Waals surface area contributed by atoms with Crippen LogP contribution in [0.25, 0.3) is 0 Å². The molecule has 4 bridgehead atoms. The van der Waals surface area contributed by atoms with E-state index in [1.807, 2.05) is 32.1 Å². The van der Waals surface area contributed by atoms with Gasteiger partial charge in [-0.3, -0.25) is 10.1 Å². The minimum atomic E-state index is -1.73. The monoisotopic (exact) mass is 562 g/mol. The van der Waals surface area contributed by atoms with Gasteiger partial charge in [0, 0.05) is 27.0 Å². The predicted molar refractivity (Wildman–Crippen MR) is 150 cm³/mol. The molecule has 0 aliphatic carbocycles. The molecule has 2 aliphatic rings. The molecule has 2 amide bonds. The number of anilines is 1. The number of carbonyl (C=O) groups is 2. The Morgan fingerprint density at radius 2 is 1.97 bits per heavy atom. The number of nitrogens with one attached hydrogen (secondary N) is 1. The lowest BCUT2D eigenvalue weighted by Crippen LogP contribution is -2.63. The second-order valence-electron chi connectivity index (χ2n) is 10.5. The predicted octanol–water partition coefficient (Wildman–Crippen LogP) is 4.30. The Bertz CT molecular complexity index is 1150. The van der Waals surface area contributed by atoms with Crippen LogP contribution in [0, 0.1) is 5.92 Å². The topological polar surface area (TPSA) is 118 Å². The van der Waals surface area contributed by atoms with E-state index in [2.05, 4.69) is 11.9 Å². The van der Waals surface area contributed by atoms with E-state index in [0.29, 0.717) is 22.9 Å². The molecule has 1 aromatic rings. The fraction of sp³-hybridized carbons (Fsp3) is 0.517. The SMILES string of the molecule is C=C[C@]1(O)CCC(=O)N(C)c2cc(cc(OC)c2Cl)C/C(C)=C/C=C/[C@@H](OC)[C@@]2(O)C[C@H](OC(=O)N2)[C@@H](C)C1. The summed E-state index contributed by atoms with van der Waals surface area (Å²) in [7, 11) is 4.60. The van der Waals surface area contributed by atoms with Crippen molar-refractivity contribution in [3.05, 3.63) is 59.2 Å². The van der Waals surface area contributed by atoms with Crippen LogP contribution >= 0.6 is 11.6 Å². The Morgan fingerprint density at radius 3 is 2.62 bits per heavy atom. The third kappa shape index (κ3) is 7.22. The largest absolute Gasteiger partial charge is 0.495 e. The highest BCUT2D eigenvalue weighted by atomic mass is 35.5. The number of carbonyl (C=O) groups excluding carboxylic acids is 2. The van der Waals surface area contributed by atoms with Crippen molar-refractivity contribution in [1.82, 2.24) is 5.32 Å². The van der Waals surface area contributed by atoms with Gasteiger partial charge >= 0.3 is 6.09 Å². The number of nitrogens with zero attached hydrogens (tertiary/aromatic N) is 1. The van der Waals surface area contributed by atoms with Crippen molar-refractivity contribution in [3.63, 3.8) is 0 Å². The molecule has 0 radical (unpaired) electrons. The maximum absolute atomic E-state index is 13.2. The number of methoxy groups -OCH3 is 2. The van der Waals surface area contributed by atoms with Gasteiger partial charge < -0.3 is 29.3 Å². The number of halogens is 1. The summed E-state index contributed by atoms with van der Waals surface area (Å²) < 4.78 is 16.5. The van der Waals surface area contributed by atoms with E-state index in [1.54, 1.807) is 19.2 Å². The lowest BCUT2D eigenvalue weighted by atomic mass is 9.81. The highest BCUT2D eigenvalue weighted by molar-refractivity contribution is 6.35. The number of amides is 2. The van der Waals surface area contributed by atoms with Crippen LogP contribution in [-0.4, -0.2) is 67.0 Å². The van der Waals surface area contributed by atoms with Gasteiger partial charge in [0.2, 0.25) is 5.91 Å².